The van der Waals surface area contributed by atoms with E-state index in [1.807, 2.05) is 37.3 Å². The highest BCUT2D eigenvalue weighted by atomic mass is 35.5. The van der Waals surface area contributed by atoms with Crippen LogP contribution in [0.3, 0.4) is 0 Å². The maximum atomic E-state index is 12.5. The van der Waals surface area contributed by atoms with Crippen LogP contribution in [-0.2, 0) is 0 Å². The largest absolute Gasteiger partial charge is 0.497 e. The van der Waals surface area contributed by atoms with Gasteiger partial charge < -0.3 is 10.1 Å². The Bertz CT molecular complexity index is 905. The average molecular weight is 366 g/mol. The lowest BCUT2D eigenvalue weighted by molar-refractivity contribution is 0.103. The van der Waals surface area contributed by atoms with Crippen LogP contribution in [0.15, 0.2) is 36.4 Å². The van der Waals surface area contributed by atoms with Crippen molar-refractivity contribution in [2.45, 2.75) is 6.92 Å². The van der Waals surface area contributed by atoms with E-state index in [1.165, 1.54) is 11.3 Å². The number of methoxy groups -OCH3 is 1. The summed E-state index contributed by atoms with van der Waals surface area (Å²) in [6.45, 7) is 1.91. The maximum Gasteiger partial charge on any atom is 0.267 e. The third-order valence-corrected chi connectivity index (χ3v) is 5.55. The van der Waals surface area contributed by atoms with Gasteiger partial charge in [-0.2, -0.15) is 0 Å². The minimum Gasteiger partial charge on any atom is -0.497 e. The first kappa shape index (κ1) is 16.1. The number of carbonyl (C=O) groups excluding carboxylic acids is 1. The Morgan fingerprint density at radius 3 is 2.65 bits per heavy atom. The minimum absolute atomic E-state index is 0.255. The zero-order valence-electron chi connectivity index (χ0n) is 12.4. The Morgan fingerprint density at radius 2 is 1.96 bits per heavy atom. The van der Waals surface area contributed by atoms with Gasteiger partial charge in [-0.25, -0.2) is 0 Å². The quantitative estimate of drug-likeness (QED) is 0.638. The van der Waals surface area contributed by atoms with E-state index in [0.29, 0.717) is 26.4 Å². The van der Waals surface area contributed by atoms with Crippen molar-refractivity contribution >= 4 is 56.2 Å². The van der Waals surface area contributed by atoms with Gasteiger partial charge in [0.05, 0.1) is 12.1 Å². The van der Waals surface area contributed by atoms with Gasteiger partial charge in [0.1, 0.15) is 10.6 Å². The molecule has 0 aliphatic heterocycles. The molecule has 0 spiro atoms. The number of fused-ring (bicyclic) bond motifs is 1. The standard InChI is InChI=1S/C17H13Cl2NO2S/c1-9-3-4-10(7-13(9)18)20-17(21)16-15(19)12-8-11(22-2)5-6-14(12)23-16/h3-8H,1-2H3,(H,20,21). The Labute approximate surface area is 147 Å². The molecule has 2 aromatic carbocycles. The first-order chi connectivity index (χ1) is 11.0. The van der Waals surface area contributed by atoms with E-state index in [4.69, 9.17) is 27.9 Å². The Hall–Kier alpha value is -1.75. The summed E-state index contributed by atoms with van der Waals surface area (Å²) >= 11 is 13.8. The summed E-state index contributed by atoms with van der Waals surface area (Å²) in [5.74, 6) is 0.449. The molecule has 0 unspecified atom stereocenters. The normalized spacial score (nSPS) is 10.8. The van der Waals surface area contributed by atoms with Gasteiger partial charge in [0, 0.05) is 20.8 Å². The van der Waals surface area contributed by atoms with Crippen molar-refractivity contribution in [3.8, 4) is 5.75 Å². The molecule has 3 nitrogen and oxygen atoms in total. The molecule has 1 heterocycles. The van der Waals surface area contributed by atoms with Crippen LogP contribution in [0.5, 0.6) is 5.75 Å². The molecule has 0 bridgehead atoms. The van der Waals surface area contributed by atoms with Gasteiger partial charge in [-0.15, -0.1) is 11.3 Å². The second-order valence-corrected chi connectivity index (χ2v) is 6.86. The number of benzene rings is 2. The molecule has 3 rings (SSSR count). The number of hydrogen-bond donors (Lipinski definition) is 1. The third kappa shape index (κ3) is 3.15. The number of aryl methyl sites for hydroxylation is 1. The highest BCUT2D eigenvalue weighted by molar-refractivity contribution is 7.21. The van der Waals surface area contributed by atoms with E-state index in [9.17, 15) is 4.79 Å². The zero-order valence-corrected chi connectivity index (χ0v) is 14.8. The number of thiophene rings is 1. The molecule has 0 radical (unpaired) electrons. The van der Waals surface area contributed by atoms with Crippen LogP contribution in [0.25, 0.3) is 10.1 Å². The molecule has 1 N–H and O–H groups in total. The van der Waals surface area contributed by atoms with Crippen LogP contribution in [0, 0.1) is 6.92 Å². The van der Waals surface area contributed by atoms with Crippen molar-refractivity contribution in [3.05, 3.63) is 56.9 Å². The molecule has 0 aliphatic rings. The molecular weight excluding hydrogens is 353 g/mol. The fraction of sp³-hybridized carbons (Fsp3) is 0.118. The van der Waals surface area contributed by atoms with Gasteiger partial charge in [-0.1, -0.05) is 29.3 Å². The summed E-state index contributed by atoms with van der Waals surface area (Å²) in [7, 11) is 1.59. The Morgan fingerprint density at radius 1 is 1.17 bits per heavy atom. The van der Waals surface area contributed by atoms with Crippen molar-refractivity contribution in [2.75, 3.05) is 12.4 Å². The number of ether oxygens (including phenoxy) is 1. The highest BCUT2D eigenvalue weighted by Crippen LogP contribution is 2.37. The predicted molar refractivity (Wildman–Crippen MR) is 97.5 cm³/mol. The molecule has 0 saturated carbocycles. The Kier molecular flexibility index (Phi) is 4.48. The molecule has 118 valence electrons. The first-order valence-corrected chi connectivity index (χ1v) is 8.40. The van der Waals surface area contributed by atoms with Gasteiger partial charge in [0.2, 0.25) is 0 Å². The fourth-order valence-electron chi connectivity index (χ4n) is 2.18. The highest BCUT2D eigenvalue weighted by Gasteiger charge is 2.18. The van der Waals surface area contributed by atoms with Gasteiger partial charge in [0.15, 0.2) is 0 Å². The second kappa shape index (κ2) is 6.40. The molecule has 0 aliphatic carbocycles. The van der Waals surface area contributed by atoms with Crippen LogP contribution in [0.4, 0.5) is 5.69 Å². The van der Waals surface area contributed by atoms with Gasteiger partial charge >= 0.3 is 0 Å². The summed E-state index contributed by atoms with van der Waals surface area (Å²) in [6.07, 6.45) is 0. The summed E-state index contributed by atoms with van der Waals surface area (Å²) in [4.78, 5) is 13.0. The summed E-state index contributed by atoms with van der Waals surface area (Å²) in [6, 6.07) is 11.0. The van der Waals surface area contributed by atoms with Crippen LogP contribution < -0.4 is 10.1 Å². The molecule has 1 aromatic heterocycles. The molecular formula is C17H13Cl2NO2S. The van der Waals surface area contributed by atoms with Gasteiger partial charge in [-0.05, 0) is 42.8 Å². The average Bonchev–Trinajstić information content (AvgIpc) is 2.87. The lowest BCUT2D eigenvalue weighted by atomic mass is 10.2. The zero-order chi connectivity index (χ0) is 16.6. The van der Waals surface area contributed by atoms with Crippen molar-refractivity contribution in [1.82, 2.24) is 0 Å². The van der Waals surface area contributed by atoms with Gasteiger partial charge in [-0.3, -0.25) is 4.79 Å². The topological polar surface area (TPSA) is 38.3 Å². The lowest BCUT2D eigenvalue weighted by Gasteiger charge is -2.06. The number of hydrogen-bond acceptors (Lipinski definition) is 3. The second-order valence-electron chi connectivity index (χ2n) is 5.03. The molecule has 0 atom stereocenters. The summed E-state index contributed by atoms with van der Waals surface area (Å²) in [5, 5.41) is 4.67. The van der Waals surface area contributed by atoms with E-state index in [-0.39, 0.29) is 5.91 Å². The van der Waals surface area contributed by atoms with Crippen LogP contribution in [0.1, 0.15) is 15.2 Å². The van der Waals surface area contributed by atoms with E-state index in [0.717, 1.165) is 15.6 Å². The number of halogens is 2. The molecule has 6 heteroatoms. The van der Waals surface area contributed by atoms with Crippen molar-refractivity contribution < 1.29 is 9.53 Å². The number of amides is 1. The molecule has 1 amide bonds. The third-order valence-electron chi connectivity index (χ3n) is 3.47. The lowest BCUT2D eigenvalue weighted by Crippen LogP contribution is -2.10. The smallest absolute Gasteiger partial charge is 0.267 e. The van der Waals surface area contributed by atoms with E-state index in [1.54, 1.807) is 13.2 Å². The number of carbonyl (C=O) groups is 1. The molecule has 3 aromatic rings. The van der Waals surface area contributed by atoms with Crippen LogP contribution in [-0.4, -0.2) is 13.0 Å². The van der Waals surface area contributed by atoms with Crippen molar-refractivity contribution in [3.63, 3.8) is 0 Å². The minimum atomic E-state index is -0.255. The molecule has 0 saturated heterocycles. The molecule has 0 fully saturated rings. The maximum absolute atomic E-state index is 12.5. The van der Waals surface area contributed by atoms with Crippen molar-refractivity contribution in [1.29, 1.82) is 0 Å². The van der Waals surface area contributed by atoms with E-state index in [2.05, 4.69) is 5.32 Å². The van der Waals surface area contributed by atoms with Crippen molar-refractivity contribution in [2.24, 2.45) is 0 Å². The number of rotatable bonds is 3. The van der Waals surface area contributed by atoms with Gasteiger partial charge in [0.25, 0.3) is 5.91 Å². The van der Waals surface area contributed by atoms with Crippen LogP contribution >= 0.6 is 34.5 Å². The SMILES string of the molecule is COc1ccc2sc(C(=O)Nc3ccc(C)c(Cl)c3)c(Cl)c2c1. The summed E-state index contributed by atoms with van der Waals surface area (Å²) < 4.78 is 6.13. The van der Waals surface area contributed by atoms with E-state index < -0.39 is 0 Å². The predicted octanol–water partition coefficient (Wildman–Crippen LogP) is 5.78. The molecule has 23 heavy (non-hydrogen) atoms. The number of anilines is 1. The Balaban J connectivity index is 1.94. The van der Waals surface area contributed by atoms with E-state index >= 15 is 0 Å². The monoisotopic (exact) mass is 365 g/mol. The number of nitrogens with one attached hydrogen (secondary N) is 1. The fourth-order valence-corrected chi connectivity index (χ4v) is 3.74. The summed E-state index contributed by atoms with van der Waals surface area (Å²) in [5.41, 5.74) is 1.59. The van der Waals surface area contributed by atoms with Crippen LogP contribution in [0.2, 0.25) is 10.0 Å². The first-order valence-electron chi connectivity index (χ1n) is 6.83.